The van der Waals surface area contributed by atoms with E-state index in [1.54, 1.807) is 42.9 Å². The molecule has 1 aromatic carbocycles. The van der Waals surface area contributed by atoms with Crippen molar-refractivity contribution in [1.82, 2.24) is 14.3 Å². The Bertz CT molecular complexity index is 1020. The molecule has 0 atom stereocenters. The van der Waals surface area contributed by atoms with Crippen molar-refractivity contribution >= 4 is 10.0 Å². The molecule has 3 aromatic rings. The molecule has 0 bridgehead atoms. The van der Waals surface area contributed by atoms with E-state index in [0.29, 0.717) is 36.6 Å². The summed E-state index contributed by atoms with van der Waals surface area (Å²) < 4.78 is 33.3. The van der Waals surface area contributed by atoms with Crippen molar-refractivity contribution in [2.45, 2.75) is 23.8 Å². The second kappa shape index (κ2) is 8.08. The minimum Gasteiger partial charge on any atom is -0.488 e. The molecule has 3 heterocycles. The van der Waals surface area contributed by atoms with E-state index in [1.165, 1.54) is 4.31 Å². The zero-order valence-electron chi connectivity index (χ0n) is 15.3. The molecule has 6 nitrogen and oxygen atoms in total. The Kier molecular flexibility index (Phi) is 5.36. The summed E-state index contributed by atoms with van der Waals surface area (Å²) in [6.07, 6.45) is 6.40. The van der Waals surface area contributed by atoms with E-state index >= 15 is 0 Å². The molecular weight excluding hydrogens is 374 g/mol. The monoisotopic (exact) mass is 395 g/mol. The van der Waals surface area contributed by atoms with Crippen molar-refractivity contribution < 1.29 is 13.2 Å². The van der Waals surface area contributed by atoms with Crippen LogP contribution < -0.4 is 4.74 Å². The fraction of sp³-hybridized carbons (Fsp3) is 0.238. The van der Waals surface area contributed by atoms with E-state index < -0.39 is 10.0 Å². The molecule has 0 spiro atoms. The Balaban J connectivity index is 1.45. The van der Waals surface area contributed by atoms with Gasteiger partial charge >= 0.3 is 0 Å². The Morgan fingerprint density at radius 2 is 1.61 bits per heavy atom. The van der Waals surface area contributed by atoms with Crippen molar-refractivity contribution in [3.8, 4) is 17.0 Å². The highest BCUT2D eigenvalue weighted by molar-refractivity contribution is 7.89. The molecule has 0 N–H and O–H groups in total. The molecule has 0 amide bonds. The number of ether oxygens (including phenoxy) is 1. The van der Waals surface area contributed by atoms with Crippen LogP contribution in [0.15, 0.2) is 78.1 Å². The third-order valence-electron chi connectivity index (χ3n) is 4.80. The van der Waals surface area contributed by atoms with Gasteiger partial charge in [-0.25, -0.2) is 8.42 Å². The van der Waals surface area contributed by atoms with Gasteiger partial charge in [0, 0.05) is 37.2 Å². The molecule has 4 rings (SSSR count). The smallest absolute Gasteiger partial charge is 0.243 e. The van der Waals surface area contributed by atoms with Crippen molar-refractivity contribution in [3.63, 3.8) is 0 Å². The van der Waals surface area contributed by atoms with Crippen LogP contribution in [0.3, 0.4) is 0 Å². The van der Waals surface area contributed by atoms with Crippen LogP contribution >= 0.6 is 0 Å². The molecule has 0 unspecified atom stereocenters. The van der Waals surface area contributed by atoms with Crippen LogP contribution in [-0.4, -0.2) is 41.9 Å². The minimum atomic E-state index is -3.45. The molecular formula is C21H21N3O3S. The number of hydrogen-bond donors (Lipinski definition) is 0. The lowest BCUT2D eigenvalue weighted by molar-refractivity contribution is 0.135. The number of hydrogen-bond acceptors (Lipinski definition) is 5. The summed E-state index contributed by atoms with van der Waals surface area (Å²) in [6.45, 7) is 0.874. The standard InChI is InChI=1S/C21H21N3O3S/c25-28(26,19-5-2-1-3-6-19)24-15-10-18(11-16-24)27-20-7-4-12-23-21(20)17-8-13-22-14-9-17/h1-9,12-14,18H,10-11,15-16H2. The normalized spacial score (nSPS) is 16.0. The summed E-state index contributed by atoms with van der Waals surface area (Å²) in [5, 5.41) is 0. The Labute approximate surface area is 164 Å². The maximum atomic E-state index is 12.8. The molecule has 1 aliphatic rings. The van der Waals surface area contributed by atoms with Gasteiger partial charge in [0.25, 0.3) is 0 Å². The number of benzene rings is 1. The maximum absolute atomic E-state index is 12.8. The highest BCUT2D eigenvalue weighted by Crippen LogP contribution is 2.30. The second-order valence-corrected chi connectivity index (χ2v) is 8.56. The summed E-state index contributed by atoms with van der Waals surface area (Å²) in [5.74, 6) is 0.707. The lowest BCUT2D eigenvalue weighted by Crippen LogP contribution is -2.41. The van der Waals surface area contributed by atoms with Crippen molar-refractivity contribution in [1.29, 1.82) is 0 Å². The predicted molar refractivity (Wildman–Crippen MR) is 106 cm³/mol. The third-order valence-corrected chi connectivity index (χ3v) is 6.71. The molecule has 2 aromatic heterocycles. The molecule has 0 saturated carbocycles. The van der Waals surface area contributed by atoms with Crippen molar-refractivity contribution in [3.05, 3.63) is 73.2 Å². The number of nitrogens with zero attached hydrogens (tertiary/aromatic N) is 3. The Hall–Kier alpha value is -2.77. The van der Waals surface area contributed by atoms with E-state index in [2.05, 4.69) is 9.97 Å². The largest absolute Gasteiger partial charge is 0.488 e. The molecule has 28 heavy (non-hydrogen) atoms. The predicted octanol–water partition coefficient (Wildman–Crippen LogP) is 3.38. The third kappa shape index (κ3) is 3.90. The first-order chi connectivity index (χ1) is 13.6. The van der Waals surface area contributed by atoms with Crippen LogP contribution in [0.25, 0.3) is 11.3 Å². The molecule has 1 saturated heterocycles. The van der Waals surface area contributed by atoms with Crippen LogP contribution in [0, 0.1) is 0 Å². The maximum Gasteiger partial charge on any atom is 0.243 e. The van der Waals surface area contributed by atoms with E-state index in [-0.39, 0.29) is 6.10 Å². The van der Waals surface area contributed by atoms with Gasteiger partial charge in [-0.15, -0.1) is 0 Å². The van der Waals surface area contributed by atoms with Crippen molar-refractivity contribution in [2.75, 3.05) is 13.1 Å². The van der Waals surface area contributed by atoms with Crippen LogP contribution in [0.2, 0.25) is 0 Å². The van der Waals surface area contributed by atoms with Gasteiger partial charge in [-0.1, -0.05) is 18.2 Å². The summed E-state index contributed by atoms with van der Waals surface area (Å²) >= 11 is 0. The number of pyridine rings is 2. The van der Waals surface area contributed by atoms with Gasteiger partial charge in [-0.05, 0) is 49.2 Å². The van der Waals surface area contributed by atoms with Gasteiger partial charge < -0.3 is 4.74 Å². The summed E-state index contributed by atoms with van der Waals surface area (Å²) in [6, 6.07) is 16.1. The molecule has 0 aliphatic carbocycles. The second-order valence-electron chi connectivity index (χ2n) is 6.62. The molecule has 1 aliphatic heterocycles. The summed E-state index contributed by atoms with van der Waals surface area (Å²) in [5.41, 5.74) is 1.71. The number of piperidine rings is 1. The first-order valence-electron chi connectivity index (χ1n) is 9.22. The van der Waals surface area contributed by atoms with E-state index in [9.17, 15) is 8.42 Å². The zero-order chi connectivity index (χ0) is 19.4. The average molecular weight is 395 g/mol. The molecule has 7 heteroatoms. The van der Waals surface area contributed by atoms with Gasteiger partial charge in [0.2, 0.25) is 10.0 Å². The summed E-state index contributed by atoms with van der Waals surface area (Å²) in [4.78, 5) is 8.83. The first kappa shape index (κ1) is 18.6. The molecule has 0 radical (unpaired) electrons. The van der Waals surface area contributed by atoms with E-state index in [0.717, 1.165) is 11.3 Å². The quantitative estimate of drug-likeness (QED) is 0.662. The van der Waals surface area contributed by atoms with Gasteiger partial charge in [0.1, 0.15) is 17.5 Å². The Morgan fingerprint density at radius 3 is 2.32 bits per heavy atom. The SMILES string of the molecule is O=S(=O)(c1ccccc1)N1CCC(Oc2cccnc2-c2ccncc2)CC1. The highest BCUT2D eigenvalue weighted by Gasteiger charge is 2.30. The number of sulfonamides is 1. The zero-order valence-corrected chi connectivity index (χ0v) is 16.1. The van der Waals surface area contributed by atoms with Gasteiger partial charge in [0.15, 0.2) is 0 Å². The minimum absolute atomic E-state index is 0.0491. The van der Waals surface area contributed by atoms with Crippen molar-refractivity contribution in [2.24, 2.45) is 0 Å². The fourth-order valence-corrected chi connectivity index (χ4v) is 4.81. The molecule has 144 valence electrons. The lowest BCUT2D eigenvalue weighted by Gasteiger charge is -2.31. The van der Waals surface area contributed by atoms with Crippen LogP contribution in [0.5, 0.6) is 5.75 Å². The average Bonchev–Trinajstić information content (AvgIpc) is 2.76. The lowest BCUT2D eigenvalue weighted by atomic mass is 10.1. The fourth-order valence-electron chi connectivity index (χ4n) is 3.32. The van der Waals surface area contributed by atoms with Crippen LogP contribution in [0.1, 0.15) is 12.8 Å². The van der Waals surface area contributed by atoms with Crippen LogP contribution in [-0.2, 0) is 10.0 Å². The van der Waals surface area contributed by atoms with E-state index in [1.807, 2.05) is 30.3 Å². The Morgan fingerprint density at radius 1 is 0.893 bits per heavy atom. The number of aromatic nitrogens is 2. The topological polar surface area (TPSA) is 72.4 Å². The van der Waals surface area contributed by atoms with Crippen LogP contribution in [0.4, 0.5) is 0 Å². The molecule has 1 fully saturated rings. The van der Waals surface area contributed by atoms with Gasteiger partial charge in [-0.3, -0.25) is 9.97 Å². The van der Waals surface area contributed by atoms with Gasteiger partial charge in [-0.2, -0.15) is 4.31 Å². The summed E-state index contributed by atoms with van der Waals surface area (Å²) in [7, 11) is -3.45. The van der Waals surface area contributed by atoms with Gasteiger partial charge in [0.05, 0.1) is 4.90 Å². The highest BCUT2D eigenvalue weighted by atomic mass is 32.2. The first-order valence-corrected chi connectivity index (χ1v) is 10.7. The van der Waals surface area contributed by atoms with E-state index in [4.69, 9.17) is 4.74 Å². The number of rotatable bonds is 5.